The average molecular weight is 310 g/mol. The maximum absolute atomic E-state index is 11.8. The van der Waals surface area contributed by atoms with E-state index >= 15 is 0 Å². The third kappa shape index (κ3) is 4.56. The van der Waals surface area contributed by atoms with E-state index in [0.29, 0.717) is 17.5 Å². The second-order valence-corrected chi connectivity index (χ2v) is 6.27. The number of carbonyl (C=O) groups excluding carboxylic acids is 1. The second-order valence-electron chi connectivity index (χ2n) is 4.86. The Morgan fingerprint density at radius 1 is 1.33 bits per heavy atom. The summed E-state index contributed by atoms with van der Waals surface area (Å²) in [5.74, 6) is -0.435. The van der Waals surface area contributed by atoms with Crippen LogP contribution in [0.3, 0.4) is 0 Å². The Morgan fingerprint density at radius 2 is 2.14 bits per heavy atom. The fourth-order valence-corrected chi connectivity index (χ4v) is 3.37. The minimum absolute atomic E-state index is 0.240. The molecule has 1 fully saturated rings. The van der Waals surface area contributed by atoms with Crippen LogP contribution in [0.1, 0.15) is 29.6 Å². The number of anilines is 1. The van der Waals surface area contributed by atoms with Crippen molar-refractivity contribution in [1.82, 2.24) is 5.32 Å². The number of carbonyl (C=O) groups is 2. The van der Waals surface area contributed by atoms with E-state index in [1.807, 2.05) is 11.8 Å². The van der Waals surface area contributed by atoms with Crippen LogP contribution in [0.15, 0.2) is 18.2 Å². The van der Waals surface area contributed by atoms with Crippen molar-refractivity contribution >= 4 is 29.4 Å². The summed E-state index contributed by atoms with van der Waals surface area (Å²) in [4.78, 5) is 22.7. The highest BCUT2D eigenvalue weighted by atomic mass is 32.2. The SMILES string of the molecule is O=C(NCC1CCCCS1)Nc1ccc(O)c(C(=O)O)c1. The van der Waals surface area contributed by atoms with E-state index in [1.54, 1.807) is 0 Å². The van der Waals surface area contributed by atoms with Crippen molar-refractivity contribution in [3.63, 3.8) is 0 Å². The zero-order valence-corrected chi connectivity index (χ0v) is 12.3. The summed E-state index contributed by atoms with van der Waals surface area (Å²) >= 11 is 1.87. The van der Waals surface area contributed by atoms with Gasteiger partial charge in [-0.2, -0.15) is 11.8 Å². The van der Waals surface area contributed by atoms with E-state index in [-0.39, 0.29) is 17.3 Å². The van der Waals surface area contributed by atoms with Gasteiger partial charge in [-0.15, -0.1) is 0 Å². The largest absolute Gasteiger partial charge is 0.507 e. The molecule has 1 heterocycles. The molecule has 1 unspecified atom stereocenters. The van der Waals surface area contributed by atoms with Crippen LogP contribution in [-0.2, 0) is 0 Å². The van der Waals surface area contributed by atoms with Gasteiger partial charge in [0.1, 0.15) is 11.3 Å². The number of carboxylic acid groups (broad SMARTS) is 1. The molecule has 2 rings (SSSR count). The van der Waals surface area contributed by atoms with Crippen molar-refractivity contribution in [2.45, 2.75) is 24.5 Å². The number of aromatic carboxylic acids is 1. The monoisotopic (exact) mass is 310 g/mol. The molecule has 1 aromatic rings. The Hall–Kier alpha value is -1.89. The van der Waals surface area contributed by atoms with Gasteiger partial charge < -0.3 is 20.8 Å². The predicted molar refractivity (Wildman–Crippen MR) is 82.2 cm³/mol. The summed E-state index contributed by atoms with van der Waals surface area (Å²) in [5, 5.41) is 24.1. The van der Waals surface area contributed by atoms with Crippen LogP contribution in [0.4, 0.5) is 10.5 Å². The fourth-order valence-electron chi connectivity index (χ4n) is 2.14. The molecule has 1 aromatic carbocycles. The lowest BCUT2D eigenvalue weighted by Gasteiger charge is -2.21. The summed E-state index contributed by atoms with van der Waals surface area (Å²) in [6, 6.07) is 3.56. The van der Waals surface area contributed by atoms with Crippen molar-refractivity contribution in [3.05, 3.63) is 23.8 Å². The molecule has 1 atom stereocenters. The first-order valence-corrected chi connectivity index (χ1v) is 7.84. The van der Waals surface area contributed by atoms with Crippen LogP contribution in [0.2, 0.25) is 0 Å². The van der Waals surface area contributed by atoms with E-state index in [1.165, 1.54) is 31.0 Å². The standard InChI is InChI=1S/C14H18N2O4S/c17-12-5-4-9(7-11(12)13(18)19)16-14(20)15-8-10-3-1-2-6-21-10/h4-5,7,10,17H,1-3,6,8H2,(H,18,19)(H2,15,16,20). The van der Waals surface area contributed by atoms with Gasteiger partial charge in [0, 0.05) is 17.5 Å². The van der Waals surface area contributed by atoms with E-state index in [9.17, 15) is 14.7 Å². The molecule has 0 saturated carbocycles. The molecule has 4 N–H and O–H groups in total. The third-order valence-electron chi connectivity index (χ3n) is 3.25. The molecule has 1 aliphatic rings. The molecular weight excluding hydrogens is 292 g/mol. The highest BCUT2D eigenvalue weighted by Gasteiger charge is 2.15. The van der Waals surface area contributed by atoms with E-state index in [0.717, 1.165) is 12.2 Å². The van der Waals surface area contributed by atoms with Crippen molar-refractivity contribution < 1.29 is 19.8 Å². The Bertz CT molecular complexity index is 530. The molecule has 0 aromatic heterocycles. The average Bonchev–Trinajstić information content (AvgIpc) is 2.48. The predicted octanol–water partition coefficient (Wildman–Crippen LogP) is 2.50. The smallest absolute Gasteiger partial charge is 0.339 e. The topological polar surface area (TPSA) is 98.7 Å². The number of rotatable bonds is 4. The lowest BCUT2D eigenvalue weighted by Crippen LogP contribution is -2.35. The van der Waals surface area contributed by atoms with Gasteiger partial charge in [-0.3, -0.25) is 0 Å². The number of hydrogen-bond acceptors (Lipinski definition) is 4. The van der Waals surface area contributed by atoms with Gasteiger partial charge in [0.05, 0.1) is 0 Å². The Kier molecular flexibility index (Phi) is 5.32. The van der Waals surface area contributed by atoms with E-state index < -0.39 is 5.97 Å². The maximum Gasteiger partial charge on any atom is 0.339 e. The molecule has 7 heteroatoms. The number of nitrogens with one attached hydrogen (secondary N) is 2. The molecule has 114 valence electrons. The molecule has 0 spiro atoms. The number of urea groups is 1. The van der Waals surface area contributed by atoms with Gasteiger partial charge in [-0.1, -0.05) is 6.42 Å². The van der Waals surface area contributed by atoms with Crippen LogP contribution in [0, 0.1) is 0 Å². The fraction of sp³-hybridized carbons (Fsp3) is 0.429. The zero-order chi connectivity index (χ0) is 15.2. The summed E-state index contributed by atoms with van der Waals surface area (Å²) < 4.78 is 0. The first-order valence-electron chi connectivity index (χ1n) is 6.79. The molecule has 0 bridgehead atoms. The molecule has 1 aliphatic heterocycles. The molecule has 6 nitrogen and oxygen atoms in total. The number of aromatic hydroxyl groups is 1. The summed E-state index contributed by atoms with van der Waals surface area (Å²) in [5.41, 5.74) is 0.0923. The van der Waals surface area contributed by atoms with Gasteiger partial charge in [0.15, 0.2) is 0 Å². The van der Waals surface area contributed by atoms with Crippen LogP contribution >= 0.6 is 11.8 Å². The first kappa shape index (κ1) is 15.5. The minimum atomic E-state index is -1.24. The molecule has 2 amide bonds. The lowest BCUT2D eigenvalue weighted by atomic mass is 10.2. The van der Waals surface area contributed by atoms with Crippen LogP contribution in [0.25, 0.3) is 0 Å². The summed E-state index contributed by atoms with van der Waals surface area (Å²) in [7, 11) is 0. The number of hydrogen-bond donors (Lipinski definition) is 4. The Morgan fingerprint density at radius 3 is 2.81 bits per heavy atom. The molecule has 21 heavy (non-hydrogen) atoms. The molecule has 0 aliphatic carbocycles. The van der Waals surface area contributed by atoms with E-state index in [4.69, 9.17) is 5.11 Å². The van der Waals surface area contributed by atoms with Gasteiger partial charge in [0.2, 0.25) is 0 Å². The van der Waals surface area contributed by atoms with Crippen LogP contribution in [0.5, 0.6) is 5.75 Å². The minimum Gasteiger partial charge on any atom is -0.507 e. The van der Waals surface area contributed by atoms with E-state index in [2.05, 4.69) is 10.6 Å². The first-order chi connectivity index (χ1) is 10.1. The maximum atomic E-state index is 11.8. The number of phenols is 1. The van der Waals surface area contributed by atoms with Gasteiger partial charge in [0.25, 0.3) is 0 Å². The zero-order valence-electron chi connectivity index (χ0n) is 11.5. The third-order valence-corrected chi connectivity index (χ3v) is 4.65. The quantitative estimate of drug-likeness (QED) is 0.640. The van der Waals surface area contributed by atoms with Gasteiger partial charge in [-0.05, 0) is 36.8 Å². The Labute approximate surface area is 126 Å². The van der Waals surface area contributed by atoms with Crippen molar-refractivity contribution in [3.8, 4) is 5.75 Å². The van der Waals surface area contributed by atoms with Crippen LogP contribution < -0.4 is 10.6 Å². The van der Waals surface area contributed by atoms with Crippen molar-refractivity contribution in [2.24, 2.45) is 0 Å². The van der Waals surface area contributed by atoms with Gasteiger partial charge >= 0.3 is 12.0 Å². The Balaban J connectivity index is 1.87. The van der Waals surface area contributed by atoms with Crippen LogP contribution in [-0.4, -0.2) is 39.8 Å². The number of amides is 2. The molecule has 1 saturated heterocycles. The number of benzene rings is 1. The van der Waals surface area contributed by atoms with Crippen molar-refractivity contribution in [1.29, 1.82) is 0 Å². The normalized spacial score (nSPS) is 18.0. The number of thioether (sulfide) groups is 1. The summed E-state index contributed by atoms with van der Waals surface area (Å²) in [6.45, 7) is 0.598. The highest BCUT2D eigenvalue weighted by molar-refractivity contribution is 7.99. The number of carboxylic acids is 1. The van der Waals surface area contributed by atoms with Gasteiger partial charge in [-0.25, -0.2) is 9.59 Å². The highest BCUT2D eigenvalue weighted by Crippen LogP contribution is 2.24. The molecule has 0 radical (unpaired) electrons. The molecular formula is C14H18N2O4S. The van der Waals surface area contributed by atoms with Crippen molar-refractivity contribution in [2.75, 3.05) is 17.6 Å². The second kappa shape index (κ2) is 7.21. The summed E-state index contributed by atoms with van der Waals surface area (Å²) in [6.07, 6.45) is 3.53. The lowest BCUT2D eigenvalue weighted by molar-refractivity contribution is 0.0693.